The van der Waals surface area contributed by atoms with E-state index in [1.807, 2.05) is 0 Å². The summed E-state index contributed by atoms with van der Waals surface area (Å²) in [6.45, 7) is 0. The third-order valence-corrected chi connectivity index (χ3v) is 3.25. The molecule has 0 saturated carbocycles. The minimum absolute atomic E-state index is 0.124. The zero-order valence-electron chi connectivity index (χ0n) is 10.8. The maximum absolute atomic E-state index is 13.9. The highest BCUT2D eigenvalue weighted by Gasteiger charge is 2.27. The molecule has 22 heavy (non-hydrogen) atoms. The van der Waals surface area contributed by atoms with Crippen LogP contribution in [0.2, 0.25) is 0 Å². The Morgan fingerprint density at radius 1 is 1.18 bits per heavy atom. The van der Waals surface area contributed by atoms with Crippen LogP contribution in [0.4, 0.5) is 24.7 Å². The zero-order valence-corrected chi connectivity index (χ0v) is 12.3. The minimum atomic E-state index is -1.56. The minimum Gasteiger partial charge on any atom is -0.394 e. The number of nitrogens with two attached hydrogens (primary N) is 2. The summed E-state index contributed by atoms with van der Waals surface area (Å²) in [5.74, 6) is -5.85. The third-order valence-electron chi connectivity index (χ3n) is 2.81. The summed E-state index contributed by atoms with van der Waals surface area (Å²) < 4.78 is 41.1. The van der Waals surface area contributed by atoms with Crippen molar-refractivity contribution >= 4 is 38.9 Å². The van der Waals surface area contributed by atoms with Gasteiger partial charge in [0.15, 0.2) is 11.6 Å². The normalized spacial score (nSPS) is 10.5. The number of nitrogen functional groups attached to an aromatic ring is 2. The summed E-state index contributed by atoms with van der Waals surface area (Å²) in [5, 5.41) is 7.77. The number of benzene rings is 1. The average Bonchev–Trinajstić information content (AvgIpc) is 2.46. The quantitative estimate of drug-likeness (QED) is 0.437. The van der Waals surface area contributed by atoms with Crippen LogP contribution in [-0.2, 0) is 0 Å². The standard InChI is InChI=1S/C13H8BrF3N4O/c14-4-1-5(13(20)21-3-4)10(18)12(22)8-6(15)2-7(16)11(19)9(8)17/h1-3,18H,19H2,(H2,20,21). The molecule has 0 fully saturated rings. The Morgan fingerprint density at radius 2 is 1.82 bits per heavy atom. The number of ketones is 1. The van der Waals surface area contributed by atoms with E-state index in [0.717, 1.165) is 0 Å². The highest BCUT2D eigenvalue weighted by molar-refractivity contribution is 9.10. The molecule has 5 nitrogen and oxygen atoms in total. The first kappa shape index (κ1) is 16.0. The predicted molar refractivity (Wildman–Crippen MR) is 78.2 cm³/mol. The molecule has 114 valence electrons. The van der Waals surface area contributed by atoms with Crippen molar-refractivity contribution in [3.63, 3.8) is 0 Å². The molecule has 9 heteroatoms. The number of rotatable bonds is 3. The van der Waals surface area contributed by atoms with Crippen LogP contribution in [0.25, 0.3) is 0 Å². The van der Waals surface area contributed by atoms with Crippen LogP contribution in [0.15, 0.2) is 22.8 Å². The topological polar surface area (TPSA) is 106 Å². The van der Waals surface area contributed by atoms with Crippen molar-refractivity contribution in [1.29, 1.82) is 5.41 Å². The second-order valence-corrected chi connectivity index (χ2v) is 5.15. The molecule has 2 rings (SSSR count). The summed E-state index contributed by atoms with van der Waals surface area (Å²) in [4.78, 5) is 15.9. The van der Waals surface area contributed by atoms with E-state index in [0.29, 0.717) is 4.47 Å². The number of anilines is 2. The van der Waals surface area contributed by atoms with Gasteiger partial charge in [0.2, 0.25) is 5.78 Å². The SMILES string of the molecule is N=C(C(=O)c1c(F)cc(F)c(N)c1F)c1cc(Br)cnc1N. The number of nitrogens with one attached hydrogen (secondary N) is 1. The number of pyridine rings is 1. The maximum Gasteiger partial charge on any atom is 0.217 e. The lowest BCUT2D eigenvalue weighted by molar-refractivity contribution is 0.105. The number of carbonyl (C=O) groups excluding carboxylic acids is 1. The van der Waals surface area contributed by atoms with E-state index in [2.05, 4.69) is 20.9 Å². The lowest BCUT2D eigenvalue weighted by atomic mass is 9.99. The molecular weight excluding hydrogens is 365 g/mol. The summed E-state index contributed by atoms with van der Waals surface area (Å²) in [6, 6.07) is 1.58. The van der Waals surface area contributed by atoms with Crippen molar-refractivity contribution in [2.45, 2.75) is 0 Å². The molecule has 1 aromatic carbocycles. The van der Waals surface area contributed by atoms with Crippen LogP contribution in [-0.4, -0.2) is 16.5 Å². The van der Waals surface area contributed by atoms with Crippen LogP contribution in [0.3, 0.4) is 0 Å². The molecule has 0 spiro atoms. The number of nitrogens with zero attached hydrogens (tertiary/aromatic N) is 1. The van der Waals surface area contributed by atoms with E-state index in [1.165, 1.54) is 12.3 Å². The van der Waals surface area contributed by atoms with Crippen LogP contribution in [0.1, 0.15) is 15.9 Å². The molecule has 0 amide bonds. The van der Waals surface area contributed by atoms with E-state index in [9.17, 15) is 18.0 Å². The molecule has 0 unspecified atom stereocenters. The largest absolute Gasteiger partial charge is 0.394 e. The van der Waals surface area contributed by atoms with Gasteiger partial charge in [-0.3, -0.25) is 10.2 Å². The third kappa shape index (κ3) is 2.67. The van der Waals surface area contributed by atoms with E-state index in [1.54, 1.807) is 0 Å². The molecule has 0 aliphatic rings. The van der Waals surface area contributed by atoms with Crippen molar-refractivity contribution in [3.05, 3.63) is 51.4 Å². The molecule has 1 aromatic heterocycles. The molecule has 5 N–H and O–H groups in total. The van der Waals surface area contributed by atoms with Gasteiger partial charge >= 0.3 is 0 Å². The van der Waals surface area contributed by atoms with Gasteiger partial charge in [-0.15, -0.1) is 0 Å². The van der Waals surface area contributed by atoms with Gasteiger partial charge in [-0.1, -0.05) is 0 Å². The fourth-order valence-electron chi connectivity index (χ4n) is 1.71. The summed E-state index contributed by atoms with van der Waals surface area (Å²) in [6.07, 6.45) is 1.33. The average molecular weight is 373 g/mol. The van der Waals surface area contributed by atoms with Gasteiger partial charge in [0.1, 0.15) is 23.0 Å². The van der Waals surface area contributed by atoms with Crippen LogP contribution in [0.5, 0.6) is 0 Å². The molecule has 0 aliphatic heterocycles. The Hall–Kier alpha value is -2.42. The van der Waals surface area contributed by atoms with Crippen LogP contribution >= 0.6 is 15.9 Å². The molecule has 0 bridgehead atoms. The number of hydrogen-bond acceptors (Lipinski definition) is 5. The number of aromatic nitrogens is 1. The zero-order chi connectivity index (χ0) is 16.6. The lowest BCUT2D eigenvalue weighted by Gasteiger charge is -2.10. The fourth-order valence-corrected chi connectivity index (χ4v) is 2.04. The van der Waals surface area contributed by atoms with E-state index >= 15 is 0 Å². The van der Waals surface area contributed by atoms with Crippen molar-refractivity contribution < 1.29 is 18.0 Å². The summed E-state index contributed by atoms with van der Waals surface area (Å²) >= 11 is 3.08. The molecular formula is C13H8BrF3N4O. The number of carbonyl (C=O) groups is 1. The highest BCUT2D eigenvalue weighted by Crippen LogP contribution is 2.25. The van der Waals surface area contributed by atoms with Crippen molar-refractivity contribution in [2.75, 3.05) is 11.5 Å². The molecule has 0 saturated heterocycles. The Kier molecular flexibility index (Phi) is 4.18. The van der Waals surface area contributed by atoms with Gasteiger partial charge in [-0.05, 0) is 22.0 Å². The first-order valence-corrected chi connectivity index (χ1v) is 6.51. The van der Waals surface area contributed by atoms with E-state index in [-0.39, 0.29) is 17.4 Å². The lowest BCUT2D eigenvalue weighted by Crippen LogP contribution is -2.20. The Balaban J connectivity index is 2.55. The smallest absolute Gasteiger partial charge is 0.217 e. The number of halogens is 4. The van der Waals surface area contributed by atoms with E-state index < -0.39 is 40.2 Å². The van der Waals surface area contributed by atoms with Crippen molar-refractivity contribution in [2.24, 2.45) is 0 Å². The van der Waals surface area contributed by atoms with Gasteiger partial charge in [0.25, 0.3) is 0 Å². The maximum atomic E-state index is 13.9. The number of Topliss-reactive ketones (excluding diaryl/α,β-unsaturated/α-hetero) is 1. The van der Waals surface area contributed by atoms with Crippen LogP contribution < -0.4 is 11.5 Å². The first-order chi connectivity index (χ1) is 10.2. The van der Waals surface area contributed by atoms with Gasteiger partial charge in [0, 0.05) is 22.3 Å². The Morgan fingerprint density at radius 3 is 2.45 bits per heavy atom. The molecule has 2 aromatic rings. The fraction of sp³-hybridized carbons (Fsp3) is 0. The van der Waals surface area contributed by atoms with Crippen LogP contribution in [0, 0.1) is 22.9 Å². The monoisotopic (exact) mass is 372 g/mol. The molecule has 0 radical (unpaired) electrons. The second kappa shape index (κ2) is 5.76. The second-order valence-electron chi connectivity index (χ2n) is 4.23. The predicted octanol–water partition coefficient (Wildman–Crippen LogP) is 2.68. The Bertz CT molecular complexity index is 810. The molecule has 1 heterocycles. The highest BCUT2D eigenvalue weighted by atomic mass is 79.9. The van der Waals surface area contributed by atoms with Gasteiger partial charge < -0.3 is 11.5 Å². The van der Waals surface area contributed by atoms with Gasteiger partial charge in [-0.2, -0.15) is 0 Å². The Labute approximate surface area is 130 Å². The molecule has 0 aliphatic carbocycles. The number of hydrogen-bond donors (Lipinski definition) is 3. The van der Waals surface area contributed by atoms with Gasteiger partial charge in [-0.25, -0.2) is 18.2 Å². The van der Waals surface area contributed by atoms with E-state index in [4.69, 9.17) is 16.9 Å². The summed E-state index contributed by atoms with van der Waals surface area (Å²) in [7, 11) is 0. The van der Waals surface area contributed by atoms with Gasteiger partial charge in [0.05, 0.1) is 5.56 Å². The molecule has 0 atom stereocenters. The van der Waals surface area contributed by atoms with Crippen molar-refractivity contribution in [3.8, 4) is 0 Å². The van der Waals surface area contributed by atoms with Crippen molar-refractivity contribution in [1.82, 2.24) is 4.98 Å². The first-order valence-electron chi connectivity index (χ1n) is 5.71. The summed E-state index contributed by atoms with van der Waals surface area (Å²) in [5.41, 5.74) is 7.59.